The molecule has 0 aliphatic carbocycles. The van der Waals surface area contributed by atoms with Crippen LogP contribution in [0.3, 0.4) is 0 Å². The van der Waals surface area contributed by atoms with Gasteiger partial charge < -0.3 is 15.8 Å². The van der Waals surface area contributed by atoms with Crippen molar-refractivity contribution >= 4 is 25.1 Å². The van der Waals surface area contributed by atoms with Crippen molar-refractivity contribution in [1.82, 2.24) is 5.32 Å². The molecule has 1 aromatic carbocycles. The highest BCUT2D eigenvalue weighted by Gasteiger charge is 2.24. The van der Waals surface area contributed by atoms with Crippen LogP contribution in [0.5, 0.6) is 0 Å². The molecule has 0 heterocycles. The minimum atomic E-state index is -0.657. The van der Waals surface area contributed by atoms with Gasteiger partial charge in [0.05, 0.1) is 11.7 Å². The fraction of sp³-hybridized carbons (Fsp3) is 0.385. The van der Waals surface area contributed by atoms with Crippen LogP contribution in [0.25, 0.3) is 0 Å². The number of hydrogen-bond acceptors (Lipinski definition) is 3. The molecule has 0 saturated carbocycles. The van der Waals surface area contributed by atoms with Gasteiger partial charge in [-0.2, -0.15) is 0 Å². The van der Waals surface area contributed by atoms with E-state index in [1.54, 1.807) is 19.9 Å². The van der Waals surface area contributed by atoms with E-state index in [2.05, 4.69) is 5.32 Å². The number of carbonyl (C=O) groups excluding carboxylic acids is 2. The van der Waals surface area contributed by atoms with Gasteiger partial charge in [-0.05, 0) is 17.7 Å². The van der Waals surface area contributed by atoms with E-state index in [0.29, 0.717) is 12.0 Å². The van der Waals surface area contributed by atoms with Gasteiger partial charge in [-0.1, -0.05) is 19.9 Å². The molecule has 0 radical (unpaired) electrons. The number of anilines is 1. The van der Waals surface area contributed by atoms with Crippen LogP contribution in [0, 0.1) is 5.82 Å². The third-order valence-electron chi connectivity index (χ3n) is 3.13. The lowest BCUT2D eigenvalue weighted by molar-refractivity contribution is -0.125. The van der Waals surface area contributed by atoms with E-state index in [1.165, 1.54) is 20.0 Å². The van der Waals surface area contributed by atoms with Crippen molar-refractivity contribution < 1.29 is 14.0 Å². The van der Waals surface area contributed by atoms with E-state index in [9.17, 15) is 14.0 Å². The second kappa shape index (κ2) is 6.36. The Morgan fingerprint density at radius 1 is 1.47 bits per heavy atom. The fourth-order valence-corrected chi connectivity index (χ4v) is 1.87. The monoisotopic (exact) mass is 264 g/mol. The molecule has 102 valence electrons. The predicted molar refractivity (Wildman–Crippen MR) is 75.0 cm³/mol. The van der Waals surface area contributed by atoms with Gasteiger partial charge in [0.2, 0.25) is 5.91 Å². The zero-order chi connectivity index (χ0) is 14.6. The zero-order valence-corrected chi connectivity index (χ0v) is 11.4. The highest BCUT2D eigenvalue weighted by Crippen LogP contribution is 2.23. The van der Waals surface area contributed by atoms with Gasteiger partial charge in [0, 0.05) is 12.3 Å². The van der Waals surface area contributed by atoms with Crippen LogP contribution in [-0.4, -0.2) is 25.5 Å². The highest BCUT2D eigenvalue weighted by molar-refractivity contribution is 6.59. The molecule has 1 rings (SSSR count). The van der Waals surface area contributed by atoms with Gasteiger partial charge in [0.1, 0.15) is 11.5 Å². The Labute approximate surface area is 113 Å². The van der Waals surface area contributed by atoms with Crippen molar-refractivity contribution in [2.24, 2.45) is 0 Å². The summed E-state index contributed by atoms with van der Waals surface area (Å²) in [6.45, 7) is 3.48. The van der Waals surface area contributed by atoms with Crippen molar-refractivity contribution in [3.8, 4) is 0 Å². The molecule has 19 heavy (non-hydrogen) atoms. The van der Waals surface area contributed by atoms with Gasteiger partial charge in [0.25, 0.3) is 0 Å². The molecule has 3 N–H and O–H groups in total. The lowest BCUT2D eigenvalue weighted by atomic mass is 9.83. The molecule has 0 saturated heterocycles. The number of benzene rings is 1. The topological polar surface area (TPSA) is 72.2 Å². The number of nitrogen functional groups attached to an aromatic ring is 1. The standard InChI is InChI=1S/C13H18BFN2O2/c1-3-11(18)17-12(13(14)19)7(2)8-4-5-10(16)9(15)6-8/h4-7,12H,3,14,16H2,1-2H3,(H,17,18)/t7-,12+/m0/s1. The van der Waals surface area contributed by atoms with Crippen molar-refractivity contribution in [2.75, 3.05) is 5.73 Å². The second-order valence-corrected chi connectivity index (χ2v) is 4.58. The molecule has 0 aliphatic heterocycles. The Morgan fingerprint density at radius 3 is 2.58 bits per heavy atom. The van der Waals surface area contributed by atoms with Gasteiger partial charge >= 0.3 is 0 Å². The molecule has 0 fully saturated rings. The van der Waals surface area contributed by atoms with Crippen LogP contribution in [0.2, 0.25) is 0 Å². The molecule has 4 nitrogen and oxygen atoms in total. The third kappa shape index (κ3) is 3.81. The molecule has 0 bridgehead atoms. The van der Waals surface area contributed by atoms with E-state index < -0.39 is 11.9 Å². The van der Waals surface area contributed by atoms with Crippen LogP contribution >= 0.6 is 0 Å². The maximum atomic E-state index is 13.4. The fourth-order valence-electron chi connectivity index (χ4n) is 1.87. The third-order valence-corrected chi connectivity index (χ3v) is 3.13. The number of amides is 1. The highest BCUT2D eigenvalue weighted by atomic mass is 19.1. The summed E-state index contributed by atoms with van der Waals surface area (Å²) in [7, 11) is 1.41. The molecule has 0 unspecified atom stereocenters. The van der Waals surface area contributed by atoms with E-state index in [0.717, 1.165) is 0 Å². The largest absolute Gasteiger partial charge is 0.396 e. The Balaban J connectivity index is 2.98. The van der Waals surface area contributed by atoms with Gasteiger partial charge in [0.15, 0.2) is 7.85 Å². The molecule has 0 spiro atoms. The van der Waals surface area contributed by atoms with Crippen LogP contribution in [-0.2, 0) is 9.59 Å². The van der Waals surface area contributed by atoms with Gasteiger partial charge in [-0.25, -0.2) is 4.39 Å². The maximum absolute atomic E-state index is 13.4. The molecular weight excluding hydrogens is 246 g/mol. The summed E-state index contributed by atoms with van der Waals surface area (Å²) in [5.74, 6) is -1.04. The van der Waals surface area contributed by atoms with Crippen molar-refractivity contribution in [2.45, 2.75) is 32.2 Å². The number of halogens is 1. The lowest BCUT2D eigenvalue weighted by Crippen LogP contribution is -2.44. The average molecular weight is 264 g/mol. The first-order valence-electron chi connectivity index (χ1n) is 6.21. The van der Waals surface area contributed by atoms with Crippen LogP contribution < -0.4 is 11.1 Å². The lowest BCUT2D eigenvalue weighted by Gasteiger charge is -2.23. The molecule has 1 aromatic rings. The Morgan fingerprint density at radius 2 is 2.11 bits per heavy atom. The molecule has 6 heteroatoms. The first-order valence-corrected chi connectivity index (χ1v) is 6.21. The first-order chi connectivity index (χ1) is 8.86. The summed E-state index contributed by atoms with van der Waals surface area (Å²) >= 11 is 0. The number of carbonyl (C=O) groups is 2. The smallest absolute Gasteiger partial charge is 0.220 e. The van der Waals surface area contributed by atoms with Crippen LogP contribution in [0.1, 0.15) is 31.7 Å². The maximum Gasteiger partial charge on any atom is 0.220 e. The normalized spacial score (nSPS) is 13.6. The zero-order valence-electron chi connectivity index (χ0n) is 11.4. The summed E-state index contributed by atoms with van der Waals surface area (Å²) in [5, 5.41) is 2.66. The minimum Gasteiger partial charge on any atom is -0.396 e. The van der Waals surface area contributed by atoms with E-state index in [-0.39, 0.29) is 23.2 Å². The van der Waals surface area contributed by atoms with Gasteiger partial charge in [-0.3, -0.25) is 4.79 Å². The van der Waals surface area contributed by atoms with Crippen LogP contribution in [0.4, 0.5) is 10.1 Å². The molecule has 1 amide bonds. The number of hydrogen-bond donors (Lipinski definition) is 2. The molecule has 0 aromatic heterocycles. The van der Waals surface area contributed by atoms with E-state index >= 15 is 0 Å². The number of rotatable bonds is 5. The Bertz CT molecular complexity index is 494. The second-order valence-electron chi connectivity index (χ2n) is 4.58. The van der Waals surface area contributed by atoms with Crippen molar-refractivity contribution in [3.63, 3.8) is 0 Å². The summed E-state index contributed by atoms with van der Waals surface area (Å²) < 4.78 is 13.4. The number of nitrogens with two attached hydrogens (primary N) is 1. The average Bonchev–Trinajstić information content (AvgIpc) is 2.37. The molecule has 0 aliphatic rings. The summed E-state index contributed by atoms with van der Waals surface area (Å²) in [6, 6.07) is 3.76. The molecular formula is C13H18BFN2O2. The van der Waals surface area contributed by atoms with Crippen molar-refractivity contribution in [3.05, 3.63) is 29.6 Å². The Kier molecular flexibility index (Phi) is 5.09. The minimum absolute atomic E-state index is 0.0629. The molecule has 2 atom stereocenters. The summed E-state index contributed by atoms with van der Waals surface area (Å²) in [5.41, 5.74) is 5.95. The Hall–Kier alpha value is -1.85. The van der Waals surface area contributed by atoms with Crippen LogP contribution in [0.15, 0.2) is 18.2 Å². The van der Waals surface area contributed by atoms with E-state index in [4.69, 9.17) is 5.73 Å². The quantitative estimate of drug-likeness (QED) is 0.603. The van der Waals surface area contributed by atoms with Crippen molar-refractivity contribution in [1.29, 1.82) is 0 Å². The number of nitrogens with one attached hydrogen (secondary N) is 1. The SMILES string of the molecule is BC(=O)[C@H](NC(=O)CC)[C@@H](C)c1ccc(N)c(F)c1. The summed E-state index contributed by atoms with van der Waals surface area (Å²) in [4.78, 5) is 23.1. The van der Waals surface area contributed by atoms with E-state index in [1.807, 2.05) is 0 Å². The predicted octanol–water partition coefficient (Wildman–Crippen LogP) is 0.566. The summed E-state index contributed by atoms with van der Waals surface area (Å²) in [6.07, 6.45) is 0.298. The first kappa shape index (κ1) is 15.2. The van der Waals surface area contributed by atoms with Gasteiger partial charge in [-0.15, -0.1) is 0 Å².